The van der Waals surface area contributed by atoms with Gasteiger partial charge in [-0.25, -0.2) is 4.79 Å². The highest BCUT2D eigenvalue weighted by Crippen LogP contribution is 2.20. The number of carbonyl (C=O) groups is 2. The second kappa shape index (κ2) is 9.96. The van der Waals surface area contributed by atoms with Gasteiger partial charge in [0.1, 0.15) is 11.4 Å². The van der Waals surface area contributed by atoms with Gasteiger partial charge in [-0.3, -0.25) is 4.79 Å². The first kappa shape index (κ1) is 23.0. The lowest BCUT2D eigenvalue weighted by atomic mass is 9.93. The van der Waals surface area contributed by atoms with Crippen molar-refractivity contribution in [1.29, 1.82) is 0 Å². The van der Waals surface area contributed by atoms with Crippen LogP contribution in [0.15, 0.2) is 24.3 Å². The Balaban J connectivity index is 1.82. The quantitative estimate of drug-likeness (QED) is 0.761. The highest BCUT2D eigenvalue weighted by atomic mass is 16.6. The Morgan fingerprint density at radius 1 is 1.28 bits per heavy atom. The molecule has 1 aromatic rings. The third-order valence-corrected chi connectivity index (χ3v) is 5.06. The zero-order valence-corrected chi connectivity index (χ0v) is 18.5. The lowest BCUT2D eigenvalue weighted by Crippen LogP contribution is -2.55. The molecule has 0 bridgehead atoms. The Hall–Kier alpha value is -2.28. The van der Waals surface area contributed by atoms with Gasteiger partial charge in [-0.1, -0.05) is 25.1 Å². The average molecular weight is 406 g/mol. The molecule has 0 radical (unpaired) electrons. The van der Waals surface area contributed by atoms with E-state index in [1.807, 2.05) is 52.0 Å². The lowest BCUT2D eigenvalue weighted by molar-refractivity contribution is -0.123. The fourth-order valence-electron chi connectivity index (χ4n) is 3.47. The SMILES string of the molecule is COc1ccccc1CNC(=O)[C@H](C)N[C@H]1CCN(C(=O)OC(C)(C)C)C[C@H]1C. The molecule has 3 atom stereocenters. The van der Waals surface area contributed by atoms with Crippen LogP contribution in [0.2, 0.25) is 0 Å². The second-order valence-corrected chi connectivity index (χ2v) is 8.72. The van der Waals surface area contributed by atoms with Crippen LogP contribution in [0.4, 0.5) is 4.79 Å². The van der Waals surface area contributed by atoms with Crippen molar-refractivity contribution in [1.82, 2.24) is 15.5 Å². The maximum atomic E-state index is 12.5. The van der Waals surface area contributed by atoms with Crippen LogP contribution >= 0.6 is 0 Å². The Bertz CT molecular complexity index is 702. The van der Waals surface area contributed by atoms with Gasteiger partial charge in [0.05, 0.1) is 13.2 Å². The Morgan fingerprint density at radius 2 is 1.97 bits per heavy atom. The molecule has 1 aliphatic heterocycles. The first-order chi connectivity index (χ1) is 13.6. The molecule has 1 heterocycles. The summed E-state index contributed by atoms with van der Waals surface area (Å²) in [4.78, 5) is 26.6. The van der Waals surface area contributed by atoms with Crippen molar-refractivity contribution >= 4 is 12.0 Å². The van der Waals surface area contributed by atoms with Crippen molar-refractivity contribution in [2.75, 3.05) is 20.2 Å². The first-order valence-electron chi connectivity index (χ1n) is 10.2. The summed E-state index contributed by atoms with van der Waals surface area (Å²) in [7, 11) is 1.62. The monoisotopic (exact) mass is 405 g/mol. The number of hydrogen-bond acceptors (Lipinski definition) is 5. The van der Waals surface area contributed by atoms with E-state index in [-0.39, 0.29) is 30.0 Å². The van der Waals surface area contributed by atoms with Crippen molar-refractivity contribution < 1.29 is 19.1 Å². The molecule has 1 aromatic carbocycles. The van der Waals surface area contributed by atoms with E-state index in [0.717, 1.165) is 17.7 Å². The van der Waals surface area contributed by atoms with E-state index in [0.29, 0.717) is 19.6 Å². The van der Waals surface area contributed by atoms with Crippen LogP contribution in [-0.4, -0.2) is 54.8 Å². The number of likely N-dealkylation sites (tertiary alicyclic amines) is 1. The number of piperidine rings is 1. The molecule has 7 heteroatoms. The molecule has 0 aromatic heterocycles. The zero-order valence-electron chi connectivity index (χ0n) is 18.5. The number of para-hydroxylation sites is 1. The minimum Gasteiger partial charge on any atom is -0.496 e. The Morgan fingerprint density at radius 3 is 2.59 bits per heavy atom. The number of hydrogen-bond donors (Lipinski definition) is 2. The van der Waals surface area contributed by atoms with E-state index >= 15 is 0 Å². The van der Waals surface area contributed by atoms with Gasteiger partial charge in [-0.2, -0.15) is 0 Å². The summed E-state index contributed by atoms with van der Waals surface area (Å²) in [5.74, 6) is 0.926. The molecule has 0 saturated carbocycles. The van der Waals surface area contributed by atoms with Crippen LogP contribution in [0.5, 0.6) is 5.75 Å². The largest absolute Gasteiger partial charge is 0.496 e. The van der Waals surface area contributed by atoms with Gasteiger partial charge in [-0.05, 0) is 46.1 Å². The number of nitrogens with one attached hydrogen (secondary N) is 2. The van der Waals surface area contributed by atoms with Crippen LogP contribution in [0.25, 0.3) is 0 Å². The van der Waals surface area contributed by atoms with Crippen molar-refractivity contribution in [2.24, 2.45) is 5.92 Å². The highest BCUT2D eigenvalue weighted by molar-refractivity contribution is 5.81. The van der Waals surface area contributed by atoms with E-state index in [9.17, 15) is 9.59 Å². The van der Waals surface area contributed by atoms with Gasteiger partial charge < -0.3 is 25.0 Å². The molecular weight excluding hydrogens is 370 g/mol. The van der Waals surface area contributed by atoms with Crippen molar-refractivity contribution in [2.45, 2.75) is 65.3 Å². The Kier molecular flexibility index (Phi) is 7.90. The minimum atomic E-state index is -0.497. The highest BCUT2D eigenvalue weighted by Gasteiger charge is 2.32. The number of rotatable bonds is 6. The van der Waals surface area contributed by atoms with Gasteiger partial charge in [0, 0.05) is 31.2 Å². The summed E-state index contributed by atoms with van der Waals surface area (Å²) in [5, 5.41) is 6.38. The smallest absolute Gasteiger partial charge is 0.410 e. The zero-order chi connectivity index (χ0) is 21.6. The molecule has 0 spiro atoms. The molecule has 1 fully saturated rings. The number of carbonyl (C=O) groups excluding carboxylic acids is 2. The van der Waals surface area contributed by atoms with Crippen LogP contribution in [-0.2, 0) is 16.1 Å². The third kappa shape index (κ3) is 6.92. The van der Waals surface area contributed by atoms with Gasteiger partial charge in [0.15, 0.2) is 0 Å². The minimum absolute atomic E-state index is 0.0577. The molecule has 1 aliphatic rings. The predicted molar refractivity (Wildman–Crippen MR) is 113 cm³/mol. The third-order valence-electron chi connectivity index (χ3n) is 5.06. The summed E-state index contributed by atoms with van der Waals surface area (Å²) in [5.41, 5.74) is 0.443. The molecule has 29 heavy (non-hydrogen) atoms. The van der Waals surface area contributed by atoms with Crippen LogP contribution < -0.4 is 15.4 Å². The first-order valence-corrected chi connectivity index (χ1v) is 10.2. The van der Waals surface area contributed by atoms with Crippen LogP contribution in [0, 0.1) is 5.92 Å². The number of amides is 2. The maximum Gasteiger partial charge on any atom is 0.410 e. The molecule has 162 valence electrons. The van der Waals surface area contributed by atoms with Crippen LogP contribution in [0.1, 0.15) is 46.6 Å². The summed E-state index contributed by atoms with van der Waals surface area (Å²) >= 11 is 0. The predicted octanol–water partition coefficient (Wildman–Crippen LogP) is 2.94. The standard InChI is InChI=1S/C22H35N3O4/c1-15-14-25(21(27)29-22(3,4)5)12-11-18(15)24-16(2)20(26)23-13-17-9-7-8-10-19(17)28-6/h7-10,15-16,18,24H,11-14H2,1-6H3,(H,23,26)/t15-,16+,18+/m1/s1. The molecule has 2 rings (SSSR count). The fourth-order valence-corrected chi connectivity index (χ4v) is 3.47. The number of nitrogens with zero attached hydrogens (tertiary/aromatic N) is 1. The number of benzene rings is 1. The molecule has 7 nitrogen and oxygen atoms in total. The molecule has 1 saturated heterocycles. The average Bonchev–Trinajstić information content (AvgIpc) is 2.66. The lowest BCUT2D eigenvalue weighted by Gasteiger charge is -2.38. The van der Waals surface area contributed by atoms with E-state index < -0.39 is 5.60 Å². The maximum absolute atomic E-state index is 12.5. The van der Waals surface area contributed by atoms with E-state index in [4.69, 9.17) is 9.47 Å². The van der Waals surface area contributed by atoms with Gasteiger partial charge in [0.2, 0.25) is 5.91 Å². The van der Waals surface area contributed by atoms with Gasteiger partial charge in [-0.15, -0.1) is 0 Å². The van der Waals surface area contributed by atoms with Crippen molar-refractivity contribution in [3.8, 4) is 5.75 Å². The molecule has 0 unspecified atom stereocenters. The topological polar surface area (TPSA) is 79.9 Å². The normalized spacial score (nSPS) is 20.7. The van der Waals surface area contributed by atoms with Gasteiger partial charge in [0.25, 0.3) is 0 Å². The van der Waals surface area contributed by atoms with E-state index in [2.05, 4.69) is 17.6 Å². The summed E-state index contributed by atoms with van der Waals surface area (Å²) in [6.45, 7) is 11.2. The summed E-state index contributed by atoms with van der Waals surface area (Å²) < 4.78 is 10.8. The Labute approximate surface area is 174 Å². The van der Waals surface area contributed by atoms with Gasteiger partial charge >= 0.3 is 6.09 Å². The summed E-state index contributed by atoms with van der Waals surface area (Å²) in [6.07, 6.45) is 0.510. The van der Waals surface area contributed by atoms with Crippen LogP contribution in [0.3, 0.4) is 0 Å². The molecule has 0 aliphatic carbocycles. The molecule has 2 amide bonds. The van der Waals surface area contributed by atoms with Crippen molar-refractivity contribution in [3.05, 3.63) is 29.8 Å². The number of methoxy groups -OCH3 is 1. The molecular formula is C22H35N3O4. The van der Waals surface area contributed by atoms with Crippen molar-refractivity contribution in [3.63, 3.8) is 0 Å². The van der Waals surface area contributed by atoms with E-state index in [1.54, 1.807) is 12.0 Å². The fraction of sp³-hybridized carbons (Fsp3) is 0.636. The van der Waals surface area contributed by atoms with E-state index in [1.165, 1.54) is 0 Å². The molecule has 2 N–H and O–H groups in total. The number of ether oxygens (including phenoxy) is 2. The summed E-state index contributed by atoms with van der Waals surface area (Å²) in [6, 6.07) is 7.48. The second-order valence-electron chi connectivity index (χ2n) is 8.72.